The summed E-state index contributed by atoms with van der Waals surface area (Å²) in [4.78, 5) is 36.5. The highest BCUT2D eigenvalue weighted by Gasteiger charge is 2.41. The highest BCUT2D eigenvalue weighted by molar-refractivity contribution is 5.80. The maximum absolute atomic E-state index is 12.3. The zero-order valence-electron chi connectivity index (χ0n) is 18.8. The first-order valence-electron chi connectivity index (χ1n) is 10.4. The van der Waals surface area contributed by atoms with E-state index in [9.17, 15) is 31.1 Å². The lowest BCUT2D eigenvalue weighted by molar-refractivity contribution is -0.193. The van der Waals surface area contributed by atoms with Crippen molar-refractivity contribution in [1.29, 1.82) is 0 Å². The molecule has 0 aliphatic carbocycles. The second-order valence-corrected chi connectivity index (χ2v) is 7.57. The Morgan fingerprint density at radius 2 is 1.69 bits per heavy atom. The number of fused-ring (bicyclic) bond motifs is 1. The van der Waals surface area contributed by atoms with Crippen LogP contribution in [0.25, 0.3) is 0 Å². The van der Waals surface area contributed by atoms with Crippen molar-refractivity contribution in [3.63, 3.8) is 0 Å². The lowest BCUT2D eigenvalue weighted by Crippen LogP contribution is -2.47. The molecule has 3 atom stereocenters. The van der Waals surface area contributed by atoms with Gasteiger partial charge in [0, 0.05) is 38.1 Å². The summed E-state index contributed by atoms with van der Waals surface area (Å²) in [5.41, 5.74) is 1.00. The largest absolute Gasteiger partial charge is 0.490 e. The molecular formula is C21H25F6N3O6. The van der Waals surface area contributed by atoms with Crippen LogP contribution in [-0.2, 0) is 25.7 Å². The first kappa shape index (κ1) is 30.8. The molecular weight excluding hydrogens is 504 g/mol. The average molecular weight is 529 g/mol. The lowest BCUT2D eigenvalue weighted by Gasteiger charge is -2.35. The molecule has 0 spiro atoms. The third-order valence-corrected chi connectivity index (χ3v) is 4.99. The van der Waals surface area contributed by atoms with Gasteiger partial charge in [-0.15, -0.1) is 6.58 Å². The molecule has 9 nitrogen and oxygen atoms in total. The number of carboxylic acids is 2. The number of amides is 1. The lowest BCUT2D eigenvalue weighted by atomic mass is 9.98. The number of aliphatic carboxylic acids is 2. The number of alkyl halides is 6. The van der Waals surface area contributed by atoms with Crippen molar-refractivity contribution in [2.75, 3.05) is 13.1 Å². The van der Waals surface area contributed by atoms with E-state index in [1.807, 2.05) is 18.2 Å². The van der Waals surface area contributed by atoms with E-state index in [1.54, 1.807) is 12.4 Å². The van der Waals surface area contributed by atoms with Crippen LogP contribution in [0.4, 0.5) is 26.3 Å². The Bertz CT molecular complexity index is 857. The van der Waals surface area contributed by atoms with Crippen molar-refractivity contribution in [2.24, 2.45) is 0 Å². The van der Waals surface area contributed by atoms with Crippen LogP contribution in [0, 0.1) is 0 Å². The number of pyridine rings is 1. The quantitative estimate of drug-likeness (QED) is 0.393. The summed E-state index contributed by atoms with van der Waals surface area (Å²) in [5.74, 6) is -5.52. The Morgan fingerprint density at radius 1 is 1.11 bits per heavy atom. The maximum atomic E-state index is 12.3. The Balaban J connectivity index is 0.000000383. The highest BCUT2D eigenvalue weighted by atomic mass is 19.4. The van der Waals surface area contributed by atoms with Crippen molar-refractivity contribution >= 4 is 17.8 Å². The number of carbonyl (C=O) groups excluding carboxylic acids is 1. The van der Waals surface area contributed by atoms with Crippen molar-refractivity contribution in [3.8, 4) is 0 Å². The summed E-state index contributed by atoms with van der Waals surface area (Å²) < 4.78 is 69.5. The van der Waals surface area contributed by atoms with Gasteiger partial charge in [0.25, 0.3) is 0 Å². The van der Waals surface area contributed by atoms with Gasteiger partial charge >= 0.3 is 24.3 Å². The number of likely N-dealkylation sites (tertiary alicyclic amines) is 1. The number of halogens is 6. The number of nitrogens with zero attached hydrogens (tertiary/aromatic N) is 2. The molecule has 2 fully saturated rings. The standard InChI is InChI=1S/C17H23N3O2.2C2HF3O2/c1-2-9-20-10-7-15-14(20)5-6-16(22-15)17(21)19-12-13-4-3-8-18-11-13;2*3-2(4,5)1(6)7/h2-4,8,11,14-16H,1,5-7,9-10,12H2,(H,19,21);2*(H,6,7)/t14-,15-,16+;;/m1../s1. The number of hydrogen-bond acceptors (Lipinski definition) is 6. The van der Waals surface area contributed by atoms with Crippen LogP contribution in [0.3, 0.4) is 0 Å². The summed E-state index contributed by atoms with van der Waals surface area (Å²) in [7, 11) is 0. The Hall–Kier alpha value is -3.20. The normalized spacial score (nSPS) is 21.6. The first-order chi connectivity index (χ1) is 16.7. The molecule has 0 unspecified atom stereocenters. The molecule has 202 valence electrons. The number of aromatic nitrogens is 1. The van der Waals surface area contributed by atoms with Crippen molar-refractivity contribution < 1.29 is 55.7 Å². The highest BCUT2D eigenvalue weighted by Crippen LogP contribution is 2.31. The fraction of sp³-hybridized carbons (Fsp3) is 0.524. The van der Waals surface area contributed by atoms with E-state index in [4.69, 9.17) is 24.5 Å². The van der Waals surface area contributed by atoms with Gasteiger partial charge in [-0.05, 0) is 30.9 Å². The van der Waals surface area contributed by atoms with Gasteiger partial charge in [0.1, 0.15) is 6.10 Å². The zero-order chi connectivity index (χ0) is 27.5. The zero-order valence-corrected chi connectivity index (χ0v) is 18.8. The molecule has 0 bridgehead atoms. The van der Waals surface area contributed by atoms with E-state index in [-0.39, 0.29) is 18.1 Å². The maximum Gasteiger partial charge on any atom is 0.490 e. The van der Waals surface area contributed by atoms with E-state index in [1.165, 1.54) is 0 Å². The van der Waals surface area contributed by atoms with Crippen molar-refractivity contribution in [2.45, 2.75) is 56.4 Å². The van der Waals surface area contributed by atoms with Gasteiger partial charge in [-0.25, -0.2) is 9.59 Å². The Kier molecular flexibility index (Phi) is 11.8. The minimum atomic E-state index is -5.08. The SMILES string of the molecule is C=CCN1CC[C@H]2O[C@H](C(=O)NCc3cccnc3)CC[C@H]21.O=C(O)C(F)(F)F.O=C(O)C(F)(F)F. The summed E-state index contributed by atoms with van der Waals surface area (Å²) in [5, 5.41) is 17.2. The van der Waals surface area contributed by atoms with E-state index < -0.39 is 24.3 Å². The second-order valence-electron chi connectivity index (χ2n) is 7.57. The van der Waals surface area contributed by atoms with Crippen LogP contribution in [0.15, 0.2) is 37.2 Å². The molecule has 36 heavy (non-hydrogen) atoms. The average Bonchev–Trinajstić information content (AvgIpc) is 3.20. The van der Waals surface area contributed by atoms with Gasteiger partial charge in [-0.1, -0.05) is 12.1 Å². The second kappa shape index (κ2) is 13.8. The molecule has 2 aliphatic rings. The predicted molar refractivity (Wildman–Crippen MR) is 112 cm³/mol. The van der Waals surface area contributed by atoms with Gasteiger partial charge in [0.15, 0.2) is 0 Å². The summed E-state index contributed by atoms with van der Waals surface area (Å²) in [6, 6.07) is 4.27. The van der Waals surface area contributed by atoms with Gasteiger partial charge in [0.2, 0.25) is 5.91 Å². The van der Waals surface area contributed by atoms with Crippen molar-refractivity contribution in [3.05, 3.63) is 42.7 Å². The molecule has 2 saturated heterocycles. The Morgan fingerprint density at radius 3 is 2.17 bits per heavy atom. The molecule has 3 N–H and O–H groups in total. The van der Waals surface area contributed by atoms with E-state index in [2.05, 4.69) is 21.8 Å². The summed E-state index contributed by atoms with van der Waals surface area (Å²) in [6.45, 7) is 6.25. The van der Waals surface area contributed by atoms with Crippen LogP contribution in [-0.4, -0.2) is 81.6 Å². The molecule has 3 rings (SSSR count). The smallest absolute Gasteiger partial charge is 0.475 e. The fourth-order valence-electron chi connectivity index (χ4n) is 3.41. The molecule has 0 radical (unpaired) electrons. The van der Waals surface area contributed by atoms with Gasteiger partial charge in [0.05, 0.1) is 6.10 Å². The van der Waals surface area contributed by atoms with E-state index in [0.29, 0.717) is 12.6 Å². The molecule has 0 aromatic carbocycles. The number of ether oxygens (including phenoxy) is 1. The molecule has 2 aliphatic heterocycles. The summed E-state index contributed by atoms with van der Waals surface area (Å²) in [6.07, 6.45) is -2.06. The molecule has 1 aromatic heterocycles. The van der Waals surface area contributed by atoms with Crippen LogP contribution in [0.2, 0.25) is 0 Å². The van der Waals surface area contributed by atoms with Crippen LogP contribution in [0.5, 0.6) is 0 Å². The first-order valence-corrected chi connectivity index (χ1v) is 10.4. The molecule has 1 amide bonds. The van der Waals surface area contributed by atoms with Crippen LogP contribution >= 0.6 is 0 Å². The van der Waals surface area contributed by atoms with Gasteiger partial charge in [-0.2, -0.15) is 26.3 Å². The number of rotatable bonds is 5. The minimum Gasteiger partial charge on any atom is -0.475 e. The van der Waals surface area contributed by atoms with E-state index >= 15 is 0 Å². The third-order valence-electron chi connectivity index (χ3n) is 4.99. The van der Waals surface area contributed by atoms with Gasteiger partial charge < -0.3 is 20.3 Å². The molecule has 0 saturated carbocycles. The topological polar surface area (TPSA) is 129 Å². The van der Waals surface area contributed by atoms with Crippen LogP contribution < -0.4 is 5.32 Å². The Labute approximate surface area is 201 Å². The number of carboxylic acid groups (broad SMARTS) is 2. The summed E-state index contributed by atoms with van der Waals surface area (Å²) >= 11 is 0. The fourth-order valence-corrected chi connectivity index (χ4v) is 3.41. The number of nitrogens with one attached hydrogen (secondary N) is 1. The van der Waals surface area contributed by atoms with Crippen LogP contribution in [0.1, 0.15) is 24.8 Å². The van der Waals surface area contributed by atoms with Gasteiger partial charge in [-0.3, -0.25) is 14.7 Å². The molecule has 15 heteroatoms. The third kappa shape index (κ3) is 10.6. The minimum absolute atomic E-state index is 0.00975. The monoisotopic (exact) mass is 529 g/mol. The molecule has 1 aromatic rings. The number of carbonyl (C=O) groups is 3. The predicted octanol–water partition coefficient (Wildman–Crippen LogP) is 2.77. The number of hydrogen-bond donors (Lipinski definition) is 3. The van der Waals surface area contributed by atoms with E-state index in [0.717, 1.165) is 37.9 Å². The van der Waals surface area contributed by atoms with Crippen molar-refractivity contribution in [1.82, 2.24) is 15.2 Å². The molecule has 3 heterocycles.